The number of nitrogens with two attached hydrogens (primary N) is 1. The van der Waals surface area contributed by atoms with Gasteiger partial charge in [0.15, 0.2) is 0 Å². The average molecular weight is 667 g/mol. The summed E-state index contributed by atoms with van der Waals surface area (Å²) in [4.78, 5) is 22.6. The predicted molar refractivity (Wildman–Crippen MR) is 170 cm³/mol. The Kier molecular flexibility index (Phi) is 7.76. The van der Waals surface area contributed by atoms with Crippen molar-refractivity contribution in [2.24, 2.45) is 0 Å². The average Bonchev–Trinajstić information content (AvgIpc) is 2.93. The minimum Gasteiger partial charge on any atom is -0.368 e. The zero-order chi connectivity index (χ0) is 28.4. The number of fused-ring (bicyclic) bond motifs is 1. The molecule has 0 fully saturated rings. The summed E-state index contributed by atoms with van der Waals surface area (Å²) in [7, 11) is -3.40. The van der Waals surface area contributed by atoms with E-state index in [-0.39, 0.29) is 17.5 Å². The van der Waals surface area contributed by atoms with Crippen LogP contribution in [0.2, 0.25) is 0 Å². The number of hydrogen-bond acceptors (Lipinski definition) is 7. The van der Waals surface area contributed by atoms with Crippen LogP contribution in [-0.2, 0) is 14.5 Å². The van der Waals surface area contributed by atoms with E-state index in [4.69, 9.17) is 5.73 Å². The second-order valence-electron chi connectivity index (χ2n) is 9.37. The van der Waals surface area contributed by atoms with Crippen molar-refractivity contribution in [3.05, 3.63) is 107 Å². The van der Waals surface area contributed by atoms with Crippen LogP contribution in [0.4, 0.5) is 17.5 Å². The maximum absolute atomic E-state index is 14.0. The van der Waals surface area contributed by atoms with E-state index in [1.54, 1.807) is 35.0 Å². The Morgan fingerprint density at radius 2 is 1.75 bits per heavy atom. The van der Waals surface area contributed by atoms with E-state index in [0.29, 0.717) is 26.9 Å². The molecule has 0 spiro atoms. The molecule has 0 aliphatic carbocycles. The molecule has 4 N–H and O–H groups in total. The number of pyridine rings is 1. The van der Waals surface area contributed by atoms with Gasteiger partial charge in [0.2, 0.25) is 16.0 Å². The van der Waals surface area contributed by atoms with E-state index >= 15 is 0 Å². The number of benzene rings is 3. The zero-order valence-corrected chi connectivity index (χ0v) is 24.8. The van der Waals surface area contributed by atoms with Gasteiger partial charge in [-0.2, -0.15) is 4.98 Å². The Morgan fingerprint density at radius 3 is 2.42 bits per heavy atom. The fourth-order valence-corrected chi connectivity index (χ4v) is 5.85. The molecule has 2 heterocycles. The van der Waals surface area contributed by atoms with Crippen LogP contribution in [0.3, 0.4) is 0 Å². The highest BCUT2D eigenvalue weighted by molar-refractivity contribution is 14.1. The third-order valence-corrected chi connectivity index (χ3v) is 7.85. The van der Waals surface area contributed by atoms with Gasteiger partial charge in [-0.1, -0.05) is 71.1 Å². The predicted octanol–water partition coefficient (Wildman–Crippen LogP) is 5.51. The lowest BCUT2D eigenvalue weighted by atomic mass is 10.0. The number of para-hydroxylation sites is 1. The van der Waals surface area contributed by atoms with Crippen molar-refractivity contribution in [1.82, 2.24) is 14.5 Å². The summed E-state index contributed by atoms with van der Waals surface area (Å²) in [5, 5.41) is 5.01. The van der Waals surface area contributed by atoms with Crippen LogP contribution in [0.25, 0.3) is 27.6 Å². The molecular formula is C29H27IN6O3S. The summed E-state index contributed by atoms with van der Waals surface area (Å²) in [6, 6.07) is 24.0. The van der Waals surface area contributed by atoms with E-state index < -0.39 is 10.0 Å². The second-order valence-corrected chi connectivity index (χ2v) is 11.9. The van der Waals surface area contributed by atoms with Gasteiger partial charge in [0.05, 0.1) is 17.7 Å². The van der Waals surface area contributed by atoms with Gasteiger partial charge in [-0.3, -0.25) is 14.1 Å². The lowest BCUT2D eigenvalue weighted by molar-refractivity contribution is 0.607. The summed E-state index contributed by atoms with van der Waals surface area (Å²) in [6.45, 7) is 1.96. The first kappa shape index (κ1) is 27.6. The fourth-order valence-electron chi connectivity index (χ4n) is 4.66. The minimum absolute atomic E-state index is 0.0870. The molecule has 0 saturated carbocycles. The number of alkyl halides is 1. The molecule has 204 valence electrons. The molecule has 2 aromatic heterocycles. The molecule has 0 bridgehead atoms. The Morgan fingerprint density at radius 1 is 1.02 bits per heavy atom. The molecule has 11 heteroatoms. The van der Waals surface area contributed by atoms with Crippen LogP contribution in [0.1, 0.15) is 24.2 Å². The number of nitrogens with one attached hydrogen (secondary N) is 2. The number of rotatable bonds is 8. The molecule has 9 nitrogen and oxygen atoms in total. The zero-order valence-electron chi connectivity index (χ0n) is 21.8. The Labute approximate surface area is 245 Å². The van der Waals surface area contributed by atoms with E-state index in [2.05, 4.69) is 42.6 Å². The Bertz CT molecular complexity index is 1860. The van der Waals surface area contributed by atoms with E-state index in [1.807, 2.05) is 61.5 Å². The second kappa shape index (κ2) is 11.3. The molecule has 0 saturated heterocycles. The molecule has 0 aliphatic heterocycles. The highest BCUT2D eigenvalue weighted by atomic mass is 127. The molecular weight excluding hydrogens is 639 g/mol. The lowest BCUT2D eigenvalue weighted by Gasteiger charge is -2.23. The van der Waals surface area contributed by atoms with Gasteiger partial charge in [-0.15, -0.1) is 0 Å². The number of halogens is 1. The Balaban J connectivity index is 1.60. The standard InChI is InChI=1S/C29H27IN6O3S/c1-18(33-27-24(17-32-29(31)34-27)19-11-13-22(14-12-19)35-40(2,38)39)25-15-20-7-6-8-21(16-30)26(20)28(37)36(25)23-9-4-3-5-10-23/h3-15,17-18,35H,16H2,1-2H3,(H3,31,32,33,34)/t18-/m0/s1. The van der Waals surface area contributed by atoms with Gasteiger partial charge in [0.25, 0.3) is 5.56 Å². The van der Waals surface area contributed by atoms with Crippen molar-refractivity contribution in [2.45, 2.75) is 17.4 Å². The quantitative estimate of drug-likeness (QED) is 0.147. The summed E-state index contributed by atoms with van der Waals surface area (Å²) >= 11 is 2.28. The third kappa shape index (κ3) is 5.80. The molecule has 5 aromatic rings. The molecule has 40 heavy (non-hydrogen) atoms. The maximum atomic E-state index is 14.0. The highest BCUT2D eigenvalue weighted by Gasteiger charge is 2.20. The van der Waals surface area contributed by atoms with Crippen LogP contribution < -0.4 is 21.3 Å². The third-order valence-electron chi connectivity index (χ3n) is 6.42. The number of sulfonamides is 1. The molecule has 5 rings (SSSR count). The number of hydrogen-bond donors (Lipinski definition) is 3. The molecule has 0 unspecified atom stereocenters. The van der Waals surface area contributed by atoms with Gasteiger partial charge in [-0.25, -0.2) is 13.4 Å². The normalized spacial score (nSPS) is 12.3. The molecule has 0 radical (unpaired) electrons. The van der Waals surface area contributed by atoms with Crippen LogP contribution in [-0.4, -0.2) is 29.2 Å². The maximum Gasteiger partial charge on any atom is 0.263 e. The van der Waals surface area contributed by atoms with E-state index in [1.165, 1.54) is 0 Å². The van der Waals surface area contributed by atoms with Crippen molar-refractivity contribution >= 4 is 60.8 Å². The van der Waals surface area contributed by atoms with Crippen molar-refractivity contribution in [2.75, 3.05) is 22.0 Å². The largest absolute Gasteiger partial charge is 0.368 e. The summed E-state index contributed by atoms with van der Waals surface area (Å²) in [6.07, 6.45) is 2.72. The molecule has 1 atom stereocenters. The summed E-state index contributed by atoms with van der Waals surface area (Å²) in [5.74, 6) is 0.580. The van der Waals surface area contributed by atoms with Gasteiger partial charge in [0, 0.05) is 33.3 Å². The first-order valence-electron chi connectivity index (χ1n) is 12.4. The number of nitrogen functional groups attached to an aromatic ring is 1. The number of nitrogens with zero attached hydrogens (tertiary/aromatic N) is 3. The smallest absolute Gasteiger partial charge is 0.263 e. The first-order chi connectivity index (χ1) is 19.1. The monoisotopic (exact) mass is 666 g/mol. The fraction of sp³-hybridized carbons (Fsp3) is 0.138. The van der Waals surface area contributed by atoms with Crippen LogP contribution >= 0.6 is 22.6 Å². The Hall–Kier alpha value is -3.97. The highest BCUT2D eigenvalue weighted by Crippen LogP contribution is 2.31. The van der Waals surface area contributed by atoms with Crippen molar-refractivity contribution in [3.8, 4) is 16.8 Å². The molecule has 0 aliphatic rings. The van der Waals surface area contributed by atoms with Gasteiger partial charge >= 0.3 is 0 Å². The van der Waals surface area contributed by atoms with Crippen LogP contribution in [0, 0.1) is 0 Å². The molecule has 3 aromatic carbocycles. The first-order valence-corrected chi connectivity index (χ1v) is 15.8. The number of aromatic nitrogens is 3. The van der Waals surface area contributed by atoms with Crippen molar-refractivity contribution in [3.63, 3.8) is 0 Å². The van der Waals surface area contributed by atoms with Crippen molar-refractivity contribution < 1.29 is 8.42 Å². The topological polar surface area (TPSA) is 132 Å². The van der Waals surface area contributed by atoms with Crippen LogP contribution in [0.5, 0.6) is 0 Å². The minimum atomic E-state index is -3.40. The van der Waals surface area contributed by atoms with Gasteiger partial charge in [0.1, 0.15) is 5.82 Å². The van der Waals surface area contributed by atoms with E-state index in [9.17, 15) is 13.2 Å². The number of anilines is 3. The summed E-state index contributed by atoms with van der Waals surface area (Å²) < 4.78 is 28.1. The van der Waals surface area contributed by atoms with Gasteiger partial charge < -0.3 is 11.1 Å². The van der Waals surface area contributed by atoms with E-state index in [0.717, 1.165) is 34.2 Å². The van der Waals surface area contributed by atoms with Gasteiger partial charge in [-0.05, 0) is 53.8 Å². The SMILES string of the molecule is C[C@H](Nc1nc(N)ncc1-c1ccc(NS(C)(=O)=O)cc1)c1cc2cccc(CI)c2c(=O)n1-c1ccccc1. The molecule has 0 amide bonds. The van der Waals surface area contributed by atoms with Crippen molar-refractivity contribution in [1.29, 1.82) is 0 Å². The lowest BCUT2D eigenvalue weighted by Crippen LogP contribution is -2.26. The van der Waals surface area contributed by atoms with Crippen LogP contribution in [0.15, 0.2) is 89.9 Å². The summed E-state index contributed by atoms with van der Waals surface area (Å²) in [5.41, 5.74) is 10.3.